The van der Waals surface area contributed by atoms with E-state index in [-0.39, 0.29) is 22.2 Å². The van der Waals surface area contributed by atoms with E-state index in [9.17, 15) is 9.90 Å². The van der Waals surface area contributed by atoms with Gasteiger partial charge in [-0.15, -0.1) is 0 Å². The number of hydrogen-bond donors (Lipinski definition) is 1. The van der Waals surface area contributed by atoms with E-state index in [1.807, 2.05) is 23.7 Å². The highest BCUT2D eigenvalue weighted by Crippen LogP contribution is 2.71. The second-order valence-electron chi connectivity index (χ2n) is 13.1. The highest BCUT2D eigenvalue weighted by atomic mass is 79.9. The van der Waals surface area contributed by atoms with E-state index in [2.05, 4.69) is 55.9 Å². The van der Waals surface area contributed by atoms with Gasteiger partial charge in [-0.3, -0.25) is 9.48 Å². The highest BCUT2D eigenvalue weighted by molar-refractivity contribution is 9.08. The summed E-state index contributed by atoms with van der Waals surface area (Å²) in [5, 5.41) is 17.5. The Kier molecular flexibility index (Phi) is 6.00. The van der Waals surface area contributed by atoms with E-state index < -0.39 is 6.10 Å². The number of allylic oxidation sites excluding steroid dienone is 1. The lowest BCUT2D eigenvalue weighted by atomic mass is 9.44. The Bertz CT molecular complexity index is 1260. The van der Waals surface area contributed by atoms with Crippen molar-refractivity contribution in [2.45, 2.75) is 91.1 Å². The molecule has 8 atom stereocenters. The number of fused-ring (bicyclic) bond motifs is 6. The van der Waals surface area contributed by atoms with Gasteiger partial charge in [-0.05, 0) is 90.4 Å². The lowest BCUT2D eigenvalue weighted by molar-refractivity contribution is -0.158. The molecule has 0 saturated heterocycles. The second kappa shape index (κ2) is 8.67. The molecular weight excluding hydrogens is 528 g/mol. The minimum Gasteiger partial charge on any atom is -0.463 e. The first kappa shape index (κ1) is 25.6. The maximum Gasteiger partial charge on any atom is 0.139 e. The van der Waals surface area contributed by atoms with Crippen LogP contribution < -0.4 is 0 Å². The monoisotopic (exact) mass is 568 g/mol. The van der Waals surface area contributed by atoms with E-state index >= 15 is 0 Å². The van der Waals surface area contributed by atoms with Crippen molar-refractivity contribution in [3.63, 3.8) is 0 Å². The molecule has 0 unspecified atom stereocenters. The quantitative estimate of drug-likeness (QED) is 0.402. The Morgan fingerprint density at radius 2 is 2.03 bits per heavy atom. The first-order chi connectivity index (χ1) is 17.5. The van der Waals surface area contributed by atoms with E-state index in [0.29, 0.717) is 41.8 Å². The molecule has 0 bridgehead atoms. The number of Topliss-reactive ketones (excluding diaryl/α,β-unsaturated/α-hetero) is 1. The average Bonchev–Trinajstić information content (AvgIpc) is 3.52. The van der Waals surface area contributed by atoms with Gasteiger partial charge in [0, 0.05) is 18.0 Å². The molecular formula is C31H41BrN2O3. The van der Waals surface area contributed by atoms with E-state index in [1.165, 1.54) is 11.1 Å². The Labute approximate surface area is 229 Å². The topological polar surface area (TPSA) is 68.3 Å². The van der Waals surface area contributed by atoms with Gasteiger partial charge in [0.25, 0.3) is 0 Å². The number of carbonyl (C=O) groups is 1. The molecule has 2 aromatic heterocycles. The van der Waals surface area contributed by atoms with Gasteiger partial charge < -0.3 is 9.52 Å². The van der Waals surface area contributed by atoms with Crippen LogP contribution in [0.3, 0.4) is 0 Å². The number of ketones is 1. The maximum absolute atomic E-state index is 13.3. The van der Waals surface area contributed by atoms with Crippen molar-refractivity contribution in [2.24, 2.45) is 39.9 Å². The third-order valence-corrected chi connectivity index (χ3v) is 12.2. The number of furan rings is 1. The first-order valence-electron chi connectivity index (χ1n) is 14.2. The van der Waals surface area contributed by atoms with Crippen LogP contribution in [0, 0.1) is 39.9 Å². The number of carbonyl (C=O) groups excluding carboxylic acids is 1. The van der Waals surface area contributed by atoms with Crippen molar-refractivity contribution < 1.29 is 14.3 Å². The van der Waals surface area contributed by atoms with Crippen molar-refractivity contribution in [2.75, 3.05) is 0 Å². The number of halogens is 1. The molecule has 5 nitrogen and oxygen atoms in total. The molecule has 2 aromatic rings. The van der Waals surface area contributed by atoms with Crippen LogP contribution >= 0.6 is 15.9 Å². The van der Waals surface area contributed by atoms with Gasteiger partial charge in [-0.1, -0.05) is 56.1 Å². The Balaban J connectivity index is 1.31. The summed E-state index contributed by atoms with van der Waals surface area (Å²) >= 11 is 3.46. The van der Waals surface area contributed by atoms with Crippen LogP contribution in [-0.4, -0.2) is 26.8 Å². The van der Waals surface area contributed by atoms with Crippen molar-refractivity contribution in [3.05, 3.63) is 46.7 Å². The van der Waals surface area contributed by atoms with Crippen molar-refractivity contribution >= 4 is 27.8 Å². The van der Waals surface area contributed by atoms with Crippen LogP contribution in [0.25, 0.3) is 6.08 Å². The molecule has 0 aromatic carbocycles. The van der Waals surface area contributed by atoms with Gasteiger partial charge >= 0.3 is 0 Å². The summed E-state index contributed by atoms with van der Waals surface area (Å²) in [4.78, 5) is 13.3. The summed E-state index contributed by atoms with van der Waals surface area (Å²) in [6.45, 7) is 11.9. The summed E-state index contributed by atoms with van der Waals surface area (Å²) in [6.07, 6.45) is 9.60. The van der Waals surface area contributed by atoms with Crippen molar-refractivity contribution in [1.29, 1.82) is 0 Å². The van der Waals surface area contributed by atoms with Crippen LogP contribution in [0.15, 0.2) is 28.3 Å². The molecule has 4 aliphatic rings. The second-order valence-corrected chi connectivity index (χ2v) is 13.7. The van der Waals surface area contributed by atoms with Crippen LogP contribution in [-0.2, 0) is 23.1 Å². The third-order valence-electron chi connectivity index (χ3n) is 11.6. The fraction of sp³-hybridized carbons (Fsp3) is 0.677. The lowest BCUT2D eigenvalue weighted by Gasteiger charge is -2.61. The number of aliphatic hydroxyl groups excluding tert-OH is 1. The molecule has 0 amide bonds. The van der Waals surface area contributed by atoms with Gasteiger partial charge in [0.1, 0.15) is 17.3 Å². The van der Waals surface area contributed by atoms with Gasteiger partial charge in [0.05, 0.1) is 23.7 Å². The molecule has 6 heteroatoms. The number of aromatic nitrogens is 2. The fourth-order valence-corrected chi connectivity index (χ4v) is 9.88. The first-order valence-corrected chi connectivity index (χ1v) is 15.3. The Morgan fingerprint density at radius 1 is 1.27 bits per heavy atom. The van der Waals surface area contributed by atoms with E-state index in [0.717, 1.165) is 49.3 Å². The zero-order valence-corrected chi connectivity index (χ0v) is 24.5. The Hall–Kier alpha value is -1.66. The summed E-state index contributed by atoms with van der Waals surface area (Å²) in [5.74, 6) is 3.73. The minimum absolute atomic E-state index is 0.0741. The van der Waals surface area contributed by atoms with Crippen LogP contribution in [0.4, 0.5) is 0 Å². The molecule has 200 valence electrons. The lowest BCUT2D eigenvalue weighted by Crippen LogP contribution is -2.59. The molecule has 1 N–H and O–H groups in total. The van der Waals surface area contributed by atoms with E-state index in [4.69, 9.17) is 9.52 Å². The third kappa shape index (κ3) is 3.50. The molecule has 0 aliphatic heterocycles. The van der Waals surface area contributed by atoms with Gasteiger partial charge in [-0.2, -0.15) is 5.10 Å². The SMILES string of the molecule is CCC(=O)[C@@]1(C)[C@H](C)C[C@H]2[C@@H]3CCC4=Cc5nn(Cc6ccc(CBr)o6)cc5C[C@]4(C)[C@H]3[C@@H](O)C[C@@]21C. The number of hydrogen-bond acceptors (Lipinski definition) is 4. The van der Waals surface area contributed by atoms with E-state index in [1.54, 1.807) is 0 Å². The predicted molar refractivity (Wildman–Crippen MR) is 148 cm³/mol. The molecule has 3 fully saturated rings. The summed E-state index contributed by atoms with van der Waals surface area (Å²) < 4.78 is 7.89. The molecule has 4 aliphatic carbocycles. The summed E-state index contributed by atoms with van der Waals surface area (Å²) in [7, 11) is 0. The number of aliphatic hydroxyl groups is 1. The molecule has 2 heterocycles. The van der Waals surface area contributed by atoms with Crippen LogP contribution in [0.2, 0.25) is 0 Å². The molecule has 0 spiro atoms. The standard InChI is InChI=1S/C31H41BrN2O3/c1-6-27(36)31(5)18(2)11-24-23-10-7-20-12-25-19(13-29(20,3)28(23)26(35)14-30(24,31)4)16-34(33-25)17-22-9-8-21(15-32)37-22/h8-9,12,16,18,23-24,26,28,35H,6-7,10-11,13-15,17H2,1-5H3/t18-,23+,24+,26+,28-,29+,30+,31-/m1/s1. The molecule has 0 radical (unpaired) electrons. The van der Waals surface area contributed by atoms with Crippen LogP contribution in [0.5, 0.6) is 0 Å². The zero-order valence-electron chi connectivity index (χ0n) is 22.9. The van der Waals surface area contributed by atoms with Crippen LogP contribution in [0.1, 0.15) is 89.5 Å². The zero-order chi connectivity index (χ0) is 26.3. The van der Waals surface area contributed by atoms with Gasteiger partial charge in [0.15, 0.2) is 0 Å². The number of nitrogens with zero attached hydrogens (tertiary/aromatic N) is 2. The summed E-state index contributed by atoms with van der Waals surface area (Å²) in [6, 6.07) is 4.03. The summed E-state index contributed by atoms with van der Waals surface area (Å²) in [5.41, 5.74) is 3.23. The largest absolute Gasteiger partial charge is 0.463 e. The smallest absolute Gasteiger partial charge is 0.139 e. The highest BCUT2D eigenvalue weighted by Gasteiger charge is 2.68. The molecule has 6 rings (SSSR count). The van der Waals surface area contributed by atoms with Gasteiger partial charge in [0.2, 0.25) is 0 Å². The van der Waals surface area contributed by atoms with Crippen molar-refractivity contribution in [3.8, 4) is 0 Å². The predicted octanol–water partition coefficient (Wildman–Crippen LogP) is 6.80. The number of alkyl halides is 1. The average molecular weight is 570 g/mol. The molecule has 37 heavy (non-hydrogen) atoms. The number of rotatable bonds is 5. The molecule has 3 saturated carbocycles. The fourth-order valence-electron chi connectivity index (χ4n) is 9.58. The Morgan fingerprint density at radius 3 is 2.73 bits per heavy atom. The minimum atomic E-state index is -0.392. The normalized spacial score (nSPS) is 40.4. The maximum atomic E-state index is 13.3. The van der Waals surface area contributed by atoms with Crippen molar-refractivity contribution in [1.82, 2.24) is 9.78 Å². The van der Waals surface area contributed by atoms with Gasteiger partial charge in [-0.25, -0.2) is 0 Å².